The van der Waals surface area contributed by atoms with Gasteiger partial charge in [0.05, 0.1) is 12.0 Å². The van der Waals surface area contributed by atoms with Gasteiger partial charge in [-0.05, 0) is 30.5 Å². The molecule has 2 aromatic carbocycles. The Balaban J connectivity index is 2.01. The van der Waals surface area contributed by atoms with Crippen LogP contribution in [-0.4, -0.2) is 15.8 Å². The van der Waals surface area contributed by atoms with Crippen LogP contribution >= 0.6 is 0 Å². The Labute approximate surface area is 121 Å². The van der Waals surface area contributed by atoms with Crippen molar-refractivity contribution in [1.82, 2.24) is 9.97 Å². The number of halogens is 1. The fourth-order valence-corrected chi connectivity index (χ4v) is 2.27. The molecule has 21 heavy (non-hydrogen) atoms. The first kappa shape index (κ1) is 13.2. The van der Waals surface area contributed by atoms with Gasteiger partial charge in [-0.2, -0.15) is 0 Å². The van der Waals surface area contributed by atoms with Gasteiger partial charge in [0.1, 0.15) is 5.82 Å². The van der Waals surface area contributed by atoms with Gasteiger partial charge in [0, 0.05) is 16.6 Å². The molecule has 0 fully saturated rings. The van der Waals surface area contributed by atoms with E-state index in [0.29, 0.717) is 16.3 Å². The SMILES string of the molecule is Cc1[nH]cnc1/C=C/C(=O)c1cccc2c(F)cccc12. The number of fused-ring (bicyclic) bond motifs is 1. The summed E-state index contributed by atoms with van der Waals surface area (Å²) in [4.78, 5) is 19.4. The molecule has 0 unspecified atom stereocenters. The summed E-state index contributed by atoms with van der Waals surface area (Å²) >= 11 is 0. The number of hydrogen-bond donors (Lipinski definition) is 1. The van der Waals surface area contributed by atoms with Gasteiger partial charge in [0.15, 0.2) is 5.78 Å². The fraction of sp³-hybridized carbons (Fsp3) is 0.0588. The maximum absolute atomic E-state index is 13.7. The summed E-state index contributed by atoms with van der Waals surface area (Å²) in [5.41, 5.74) is 2.09. The lowest BCUT2D eigenvalue weighted by Gasteiger charge is -2.04. The summed E-state index contributed by atoms with van der Waals surface area (Å²) in [6, 6.07) is 9.80. The quantitative estimate of drug-likeness (QED) is 0.584. The predicted octanol–water partition coefficient (Wildman–Crippen LogP) is 3.91. The van der Waals surface area contributed by atoms with Crippen LogP contribution < -0.4 is 0 Å². The monoisotopic (exact) mass is 280 g/mol. The van der Waals surface area contributed by atoms with Crippen LogP contribution in [0.3, 0.4) is 0 Å². The molecular weight excluding hydrogens is 267 g/mol. The predicted molar refractivity (Wildman–Crippen MR) is 80.6 cm³/mol. The van der Waals surface area contributed by atoms with Crippen LogP contribution in [0.2, 0.25) is 0 Å². The van der Waals surface area contributed by atoms with E-state index in [0.717, 1.165) is 11.4 Å². The summed E-state index contributed by atoms with van der Waals surface area (Å²) in [5, 5.41) is 1.07. The van der Waals surface area contributed by atoms with Gasteiger partial charge in [-0.25, -0.2) is 9.37 Å². The summed E-state index contributed by atoms with van der Waals surface area (Å²) in [6.45, 7) is 1.88. The van der Waals surface area contributed by atoms with Crippen LogP contribution in [0, 0.1) is 12.7 Å². The molecule has 1 N–H and O–H groups in total. The van der Waals surface area contributed by atoms with Gasteiger partial charge in [-0.3, -0.25) is 4.79 Å². The van der Waals surface area contributed by atoms with E-state index in [4.69, 9.17) is 0 Å². The number of benzene rings is 2. The number of allylic oxidation sites excluding steroid dienone is 1. The first-order chi connectivity index (χ1) is 10.2. The van der Waals surface area contributed by atoms with Crippen molar-refractivity contribution in [3.63, 3.8) is 0 Å². The molecule has 0 radical (unpaired) electrons. The van der Waals surface area contributed by atoms with Crippen LogP contribution in [0.5, 0.6) is 0 Å². The van der Waals surface area contributed by atoms with Crippen molar-refractivity contribution in [3.05, 3.63) is 71.6 Å². The highest BCUT2D eigenvalue weighted by Crippen LogP contribution is 2.22. The molecule has 104 valence electrons. The number of aromatic amines is 1. The third kappa shape index (κ3) is 2.48. The Bertz CT molecular complexity index is 849. The molecule has 1 heterocycles. The van der Waals surface area contributed by atoms with Crippen molar-refractivity contribution >= 4 is 22.6 Å². The lowest BCUT2D eigenvalue weighted by atomic mass is 10.0. The number of carbonyl (C=O) groups excluding carboxylic acids is 1. The maximum Gasteiger partial charge on any atom is 0.186 e. The zero-order valence-electron chi connectivity index (χ0n) is 11.4. The molecule has 0 saturated heterocycles. The van der Waals surface area contributed by atoms with Crippen molar-refractivity contribution in [2.24, 2.45) is 0 Å². The maximum atomic E-state index is 13.7. The molecular formula is C17H13FN2O. The van der Waals surface area contributed by atoms with Crippen molar-refractivity contribution in [1.29, 1.82) is 0 Å². The molecule has 3 rings (SSSR count). The highest BCUT2D eigenvalue weighted by Gasteiger charge is 2.09. The first-order valence-corrected chi connectivity index (χ1v) is 6.56. The van der Waals surface area contributed by atoms with Crippen LogP contribution in [-0.2, 0) is 0 Å². The standard InChI is InChI=1S/C17H13FN2O/c1-11-16(20-10-19-11)8-9-17(21)14-6-2-5-13-12(14)4-3-7-15(13)18/h2-10H,1H3,(H,19,20)/b9-8+. The second kappa shape index (κ2) is 5.32. The number of H-pyrrole nitrogens is 1. The lowest BCUT2D eigenvalue weighted by Crippen LogP contribution is -1.96. The van der Waals surface area contributed by atoms with Crippen LogP contribution in [0.15, 0.2) is 48.8 Å². The number of ketones is 1. The fourth-order valence-electron chi connectivity index (χ4n) is 2.27. The molecule has 0 aliphatic rings. The van der Waals surface area contributed by atoms with Crippen LogP contribution in [0.1, 0.15) is 21.7 Å². The summed E-state index contributed by atoms with van der Waals surface area (Å²) in [5.74, 6) is -0.497. The summed E-state index contributed by atoms with van der Waals surface area (Å²) < 4.78 is 13.7. The number of hydrogen-bond acceptors (Lipinski definition) is 2. The molecule has 0 spiro atoms. The van der Waals surface area contributed by atoms with Gasteiger partial charge in [-0.1, -0.05) is 30.3 Å². The van der Waals surface area contributed by atoms with E-state index in [1.807, 2.05) is 6.92 Å². The Morgan fingerprint density at radius 3 is 2.71 bits per heavy atom. The zero-order valence-corrected chi connectivity index (χ0v) is 11.4. The Morgan fingerprint density at radius 1 is 1.19 bits per heavy atom. The Kier molecular flexibility index (Phi) is 3.36. The number of nitrogens with one attached hydrogen (secondary N) is 1. The largest absolute Gasteiger partial charge is 0.348 e. The molecule has 1 aromatic heterocycles. The van der Waals surface area contributed by atoms with E-state index in [2.05, 4.69) is 9.97 Å². The van der Waals surface area contributed by atoms with E-state index >= 15 is 0 Å². The number of imidazole rings is 1. The third-order valence-corrected chi connectivity index (χ3v) is 3.40. The molecule has 3 aromatic rings. The minimum absolute atomic E-state index is 0.173. The molecule has 4 heteroatoms. The highest BCUT2D eigenvalue weighted by molar-refractivity contribution is 6.14. The molecule has 0 atom stereocenters. The minimum atomic E-state index is -0.325. The van der Waals surface area contributed by atoms with E-state index < -0.39 is 0 Å². The van der Waals surface area contributed by atoms with Crippen molar-refractivity contribution < 1.29 is 9.18 Å². The Morgan fingerprint density at radius 2 is 1.95 bits per heavy atom. The average Bonchev–Trinajstić information content (AvgIpc) is 2.90. The topological polar surface area (TPSA) is 45.8 Å². The lowest BCUT2D eigenvalue weighted by molar-refractivity contribution is 0.104. The molecule has 0 amide bonds. The average molecular weight is 280 g/mol. The normalized spacial score (nSPS) is 11.3. The van der Waals surface area contributed by atoms with Crippen LogP contribution in [0.25, 0.3) is 16.8 Å². The number of aryl methyl sites for hydroxylation is 1. The molecule has 0 aliphatic heterocycles. The van der Waals surface area contributed by atoms with Gasteiger partial charge in [0.25, 0.3) is 0 Å². The zero-order chi connectivity index (χ0) is 14.8. The second-order valence-corrected chi connectivity index (χ2v) is 4.75. The first-order valence-electron chi connectivity index (χ1n) is 6.56. The van der Waals surface area contributed by atoms with Gasteiger partial charge in [-0.15, -0.1) is 0 Å². The molecule has 3 nitrogen and oxygen atoms in total. The van der Waals surface area contributed by atoms with Crippen LogP contribution in [0.4, 0.5) is 4.39 Å². The van der Waals surface area contributed by atoms with E-state index in [1.54, 1.807) is 42.7 Å². The summed E-state index contributed by atoms with van der Waals surface area (Å²) in [7, 11) is 0. The minimum Gasteiger partial charge on any atom is -0.348 e. The van der Waals surface area contributed by atoms with Gasteiger partial charge < -0.3 is 4.98 Å². The van der Waals surface area contributed by atoms with Crippen molar-refractivity contribution in [2.75, 3.05) is 0 Å². The second-order valence-electron chi connectivity index (χ2n) is 4.75. The van der Waals surface area contributed by atoms with Gasteiger partial charge in [0.2, 0.25) is 0 Å². The summed E-state index contributed by atoms with van der Waals surface area (Å²) in [6.07, 6.45) is 4.70. The molecule has 0 aliphatic carbocycles. The van der Waals surface area contributed by atoms with Crippen molar-refractivity contribution in [2.45, 2.75) is 6.92 Å². The number of nitrogens with zero attached hydrogens (tertiary/aromatic N) is 1. The molecule has 0 saturated carbocycles. The van der Waals surface area contributed by atoms with E-state index in [1.165, 1.54) is 12.1 Å². The highest BCUT2D eigenvalue weighted by atomic mass is 19.1. The smallest absolute Gasteiger partial charge is 0.186 e. The van der Waals surface area contributed by atoms with Gasteiger partial charge >= 0.3 is 0 Å². The number of rotatable bonds is 3. The van der Waals surface area contributed by atoms with E-state index in [9.17, 15) is 9.18 Å². The number of carbonyl (C=O) groups is 1. The van der Waals surface area contributed by atoms with Crippen molar-refractivity contribution in [3.8, 4) is 0 Å². The number of aromatic nitrogens is 2. The van der Waals surface area contributed by atoms with E-state index in [-0.39, 0.29) is 11.6 Å². The molecule has 0 bridgehead atoms. The Hall–Kier alpha value is -2.75. The third-order valence-electron chi connectivity index (χ3n) is 3.40.